The first-order valence-corrected chi connectivity index (χ1v) is 9.20. The first kappa shape index (κ1) is 17.4. The molecule has 130 valence electrons. The predicted octanol–water partition coefficient (Wildman–Crippen LogP) is 5.04. The molecule has 2 heterocycles. The van der Waals surface area contributed by atoms with E-state index in [4.69, 9.17) is 4.52 Å². The van der Waals surface area contributed by atoms with Crippen molar-refractivity contribution < 1.29 is 9.32 Å². The number of thiazole rings is 1. The molecule has 5 nitrogen and oxygen atoms in total. The Bertz CT molecular complexity index is 878. The summed E-state index contributed by atoms with van der Waals surface area (Å²) in [6.07, 6.45) is 0.644. The summed E-state index contributed by atoms with van der Waals surface area (Å²) in [5, 5.41) is 9.28. The first-order chi connectivity index (χ1) is 12.0. The maximum Gasteiger partial charge on any atom is 0.262 e. The van der Waals surface area contributed by atoms with Gasteiger partial charge < -0.3 is 4.52 Å². The summed E-state index contributed by atoms with van der Waals surface area (Å²) >= 11 is 1.41. The smallest absolute Gasteiger partial charge is 0.262 e. The highest BCUT2D eigenvalue weighted by molar-refractivity contribution is 7.14. The number of benzene rings is 1. The van der Waals surface area contributed by atoms with Gasteiger partial charge in [-0.3, -0.25) is 10.1 Å². The third-order valence-electron chi connectivity index (χ3n) is 4.09. The van der Waals surface area contributed by atoms with Crippen molar-refractivity contribution in [1.82, 2.24) is 10.1 Å². The minimum atomic E-state index is -0.230. The maximum atomic E-state index is 12.5. The standard InChI is InChI=1S/C19H21N3O2S/c1-5-15-17(12(4)24-22-15)18(23)21-19-20-16(10-25-19)14-8-6-13(7-9-14)11(2)3/h6-11H,5H2,1-4H3,(H,20,21,23). The minimum Gasteiger partial charge on any atom is -0.361 e. The van der Waals surface area contributed by atoms with Gasteiger partial charge in [0.25, 0.3) is 5.91 Å². The number of nitrogens with one attached hydrogen (secondary N) is 1. The summed E-state index contributed by atoms with van der Waals surface area (Å²) in [4.78, 5) is 17.0. The molecule has 0 fully saturated rings. The number of hydrogen-bond donors (Lipinski definition) is 1. The molecule has 25 heavy (non-hydrogen) atoms. The van der Waals surface area contributed by atoms with Crippen LogP contribution in [0.4, 0.5) is 5.13 Å². The summed E-state index contributed by atoms with van der Waals surface area (Å²) in [5.74, 6) is 0.793. The zero-order valence-electron chi connectivity index (χ0n) is 14.8. The second-order valence-electron chi connectivity index (χ2n) is 6.18. The number of carbonyl (C=O) groups excluding carboxylic acids is 1. The van der Waals surface area contributed by atoms with Crippen LogP contribution in [0.3, 0.4) is 0 Å². The molecule has 0 aliphatic rings. The van der Waals surface area contributed by atoms with Crippen molar-refractivity contribution in [1.29, 1.82) is 0 Å². The fourth-order valence-corrected chi connectivity index (χ4v) is 3.33. The van der Waals surface area contributed by atoms with Gasteiger partial charge in [0.2, 0.25) is 0 Å². The van der Waals surface area contributed by atoms with E-state index in [9.17, 15) is 4.79 Å². The molecule has 0 atom stereocenters. The maximum absolute atomic E-state index is 12.5. The van der Waals surface area contributed by atoms with Gasteiger partial charge in [0.1, 0.15) is 11.3 Å². The molecule has 0 saturated carbocycles. The van der Waals surface area contributed by atoms with Crippen LogP contribution >= 0.6 is 11.3 Å². The third kappa shape index (κ3) is 3.64. The zero-order valence-corrected chi connectivity index (χ0v) is 15.6. The summed E-state index contributed by atoms with van der Waals surface area (Å²) < 4.78 is 5.12. The number of anilines is 1. The van der Waals surface area contributed by atoms with Crippen LogP contribution < -0.4 is 5.32 Å². The summed E-state index contributed by atoms with van der Waals surface area (Å²) in [6, 6.07) is 8.36. The largest absolute Gasteiger partial charge is 0.361 e. The molecule has 1 aromatic carbocycles. The van der Waals surface area contributed by atoms with Crippen molar-refractivity contribution in [3.63, 3.8) is 0 Å². The molecule has 0 aliphatic heterocycles. The van der Waals surface area contributed by atoms with Crippen molar-refractivity contribution >= 4 is 22.4 Å². The van der Waals surface area contributed by atoms with Crippen LogP contribution in [-0.4, -0.2) is 16.0 Å². The number of rotatable bonds is 5. The van der Waals surface area contributed by atoms with Gasteiger partial charge in [-0.25, -0.2) is 4.98 Å². The average molecular weight is 355 g/mol. The molecule has 3 rings (SSSR count). The highest BCUT2D eigenvalue weighted by atomic mass is 32.1. The van der Waals surface area contributed by atoms with Gasteiger partial charge in [-0.15, -0.1) is 11.3 Å². The molecule has 0 saturated heterocycles. The lowest BCUT2D eigenvalue weighted by molar-refractivity contribution is 0.102. The number of carbonyl (C=O) groups is 1. The van der Waals surface area contributed by atoms with Gasteiger partial charge in [0.05, 0.1) is 11.4 Å². The van der Waals surface area contributed by atoms with E-state index in [0.29, 0.717) is 34.5 Å². The normalized spacial score (nSPS) is 11.1. The Morgan fingerprint density at radius 2 is 2.00 bits per heavy atom. The molecule has 0 bridgehead atoms. The van der Waals surface area contributed by atoms with E-state index in [1.54, 1.807) is 6.92 Å². The van der Waals surface area contributed by atoms with Gasteiger partial charge in [-0.05, 0) is 24.8 Å². The van der Waals surface area contributed by atoms with Crippen LogP contribution in [0.25, 0.3) is 11.3 Å². The monoisotopic (exact) mass is 355 g/mol. The van der Waals surface area contributed by atoms with Crippen molar-refractivity contribution in [2.75, 3.05) is 5.32 Å². The van der Waals surface area contributed by atoms with E-state index in [-0.39, 0.29) is 5.91 Å². The summed E-state index contributed by atoms with van der Waals surface area (Å²) in [7, 11) is 0. The Hall–Kier alpha value is -2.47. The van der Waals surface area contributed by atoms with Gasteiger partial charge in [0.15, 0.2) is 5.13 Å². The van der Waals surface area contributed by atoms with Crippen molar-refractivity contribution in [2.24, 2.45) is 0 Å². The lowest BCUT2D eigenvalue weighted by atomic mass is 10.0. The van der Waals surface area contributed by atoms with Crippen molar-refractivity contribution in [2.45, 2.75) is 40.0 Å². The molecule has 0 spiro atoms. The van der Waals surface area contributed by atoms with Crippen molar-refractivity contribution in [3.8, 4) is 11.3 Å². The fourth-order valence-electron chi connectivity index (χ4n) is 2.61. The average Bonchev–Trinajstić information content (AvgIpc) is 3.21. The van der Waals surface area contributed by atoms with Crippen LogP contribution in [0.1, 0.15) is 54.1 Å². The van der Waals surface area contributed by atoms with E-state index in [1.165, 1.54) is 16.9 Å². The fraction of sp³-hybridized carbons (Fsp3) is 0.316. The number of hydrogen-bond acceptors (Lipinski definition) is 5. The highest BCUT2D eigenvalue weighted by Gasteiger charge is 2.20. The van der Waals surface area contributed by atoms with E-state index in [0.717, 1.165) is 11.3 Å². The molecule has 1 N–H and O–H groups in total. The molecule has 0 aliphatic carbocycles. The van der Waals surface area contributed by atoms with E-state index >= 15 is 0 Å². The van der Waals surface area contributed by atoms with Crippen molar-refractivity contribution in [3.05, 3.63) is 52.2 Å². The second kappa shape index (κ2) is 7.19. The highest BCUT2D eigenvalue weighted by Crippen LogP contribution is 2.27. The van der Waals surface area contributed by atoms with E-state index in [1.807, 2.05) is 12.3 Å². The van der Waals surface area contributed by atoms with Gasteiger partial charge in [-0.2, -0.15) is 0 Å². The Kier molecular flexibility index (Phi) is 4.99. The van der Waals surface area contributed by atoms with Crippen LogP contribution in [0.2, 0.25) is 0 Å². The molecule has 0 radical (unpaired) electrons. The number of aryl methyl sites for hydroxylation is 2. The number of nitrogens with zero attached hydrogens (tertiary/aromatic N) is 2. The second-order valence-corrected chi connectivity index (χ2v) is 7.04. The quantitative estimate of drug-likeness (QED) is 0.696. The molecule has 1 amide bonds. The lowest BCUT2D eigenvalue weighted by Crippen LogP contribution is -2.14. The Balaban J connectivity index is 1.77. The zero-order chi connectivity index (χ0) is 18.0. The number of amides is 1. The van der Waals surface area contributed by atoms with E-state index < -0.39 is 0 Å². The van der Waals surface area contributed by atoms with Gasteiger partial charge in [-0.1, -0.05) is 50.2 Å². The molecule has 2 aromatic heterocycles. The molecule has 3 aromatic rings. The molecule has 6 heteroatoms. The van der Waals surface area contributed by atoms with Crippen LogP contribution in [0.5, 0.6) is 0 Å². The SMILES string of the molecule is CCc1noc(C)c1C(=O)Nc1nc(-c2ccc(C(C)C)cc2)cs1. The van der Waals surface area contributed by atoms with Crippen LogP contribution in [-0.2, 0) is 6.42 Å². The Labute approximate surface area is 151 Å². The third-order valence-corrected chi connectivity index (χ3v) is 4.85. The van der Waals surface area contributed by atoms with E-state index in [2.05, 4.69) is 53.6 Å². The summed E-state index contributed by atoms with van der Waals surface area (Å²) in [5.41, 5.74) is 4.35. The van der Waals surface area contributed by atoms with Crippen LogP contribution in [0, 0.1) is 6.92 Å². The lowest BCUT2D eigenvalue weighted by Gasteiger charge is -2.05. The van der Waals surface area contributed by atoms with Gasteiger partial charge in [0, 0.05) is 10.9 Å². The van der Waals surface area contributed by atoms with Crippen LogP contribution in [0.15, 0.2) is 34.2 Å². The first-order valence-electron chi connectivity index (χ1n) is 8.32. The Morgan fingerprint density at radius 1 is 1.28 bits per heavy atom. The topological polar surface area (TPSA) is 68.0 Å². The molecular formula is C19H21N3O2S. The summed E-state index contributed by atoms with van der Waals surface area (Å²) in [6.45, 7) is 8.02. The number of aromatic nitrogens is 2. The minimum absolute atomic E-state index is 0.230. The predicted molar refractivity (Wildman–Crippen MR) is 100 cm³/mol. The molecule has 0 unspecified atom stereocenters. The molecular weight excluding hydrogens is 334 g/mol. The van der Waals surface area contributed by atoms with Gasteiger partial charge >= 0.3 is 0 Å². The Morgan fingerprint density at radius 3 is 2.64 bits per heavy atom.